The number of para-hydroxylation sites is 1. The lowest BCUT2D eigenvalue weighted by Crippen LogP contribution is -2.47. The molecule has 1 heterocycles. The van der Waals surface area contributed by atoms with E-state index in [0.29, 0.717) is 29.4 Å². The molecule has 8 heteroatoms. The first-order valence-electron chi connectivity index (χ1n) is 10.5. The Morgan fingerprint density at radius 2 is 1.71 bits per heavy atom. The Kier molecular flexibility index (Phi) is 6.98. The van der Waals surface area contributed by atoms with Gasteiger partial charge in [0.15, 0.2) is 0 Å². The number of carbonyl (C=O) groups is 2. The van der Waals surface area contributed by atoms with E-state index in [9.17, 15) is 9.59 Å². The lowest BCUT2D eigenvalue weighted by atomic mass is 9.86. The molecule has 0 bridgehead atoms. The molecule has 0 saturated heterocycles. The molecular weight excluding hydrogens is 502 g/mol. The van der Waals surface area contributed by atoms with Crippen molar-refractivity contribution in [3.63, 3.8) is 0 Å². The van der Waals surface area contributed by atoms with Gasteiger partial charge in [-0.05, 0) is 54.1 Å². The summed E-state index contributed by atoms with van der Waals surface area (Å²) >= 11 is 3.42. The zero-order valence-corrected chi connectivity index (χ0v) is 20.2. The summed E-state index contributed by atoms with van der Waals surface area (Å²) in [6.07, 6.45) is -0.0941. The molecule has 0 fully saturated rings. The molecule has 0 amide bonds. The van der Waals surface area contributed by atoms with E-state index < -0.39 is 17.4 Å². The number of ketones is 1. The number of halogens is 1. The van der Waals surface area contributed by atoms with Gasteiger partial charge in [-0.3, -0.25) is 4.79 Å². The molecule has 7 nitrogen and oxygen atoms in total. The number of Topliss-reactive ketones (excluding diaryl/α,β-unsaturated/α-hetero) is 1. The van der Waals surface area contributed by atoms with Crippen LogP contribution in [0.2, 0.25) is 0 Å². The highest BCUT2D eigenvalue weighted by Gasteiger charge is 2.55. The van der Waals surface area contributed by atoms with Crippen molar-refractivity contribution in [2.24, 2.45) is 5.16 Å². The molecule has 1 aliphatic heterocycles. The second-order valence-corrected chi connectivity index (χ2v) is 8.51. The number of benzene rings is 3. The van der Waals surface area contributed by atoms with Crippen molar-refractivity contribution in [2.45, 2.75) is 18.6 Å². The Labute approximate surface area is 205 Å². The zero-order chi connectivity index (χ0) is 24.1. The maximum Gasteiger partial charge on any atom is 0.361 e. The van der Waals surface area contributed by atoms with Crippen LogP contribution in [0.1, 0.15) is 27.9 Å². The van der Waals surface area contributed by atoms with Gasteiger partial charge in [-0.2, -0.15) is 0 Å². The summed E-state index contributed by atoms with van der Waals surface area (Å²) in [5.41, 5.74) is 0.396. The number of nitrogens with zero attached hydrogens (tertiary/aromatic N) is 1. The molecule has 0 aromatic heterocycles. The summed E-state index contributed by atoms with van der Waals surface area (Å²) in [6, 6.07) is 21.5. The molecule has 1 unspecified atom stereocenters. The van der Waals surface area contributed by atoms with E-state index in [1.54, 1.807) is 30.3 Å². The van der Waals surface area contributed by atoms with Crippen LogP contribution in [0.15, 0.2) is 82.4 Å². The highest BCUT2D eigenvalue weighted by molar-refractivity contribution is 9.10. The summed E-state index contributed by atoms with van der Waals surface area (Å²) in [5, 5.41) is 4.12. The van der Waals surface area contributed by atoms with Crippen LogP contribution < -0.4 is 9.47 Å². The van der Waals surface area contributed by atoms with Crippen molar-refractivity contribution >= 4 is 33.4 Å². The molecule has 0 radical (unpaired) electrons. The molecule has 0 N–H and O–H groups in total. The van der Waals surface area contributed by atoms with Crippen molar-refractivity contribution in [2.75, 3.05) is 14.2 Å². The maximum atomic E-state index is 13.4. The fourth-order valence-corrected chi connectivity index (χ4v) is 3.88. The van der Waals surface area contributed by atoms with E-state index in [-0.39, 0.29) is 12.0 Å². The zero-order valence-electron chi connectivity index (χ0n) is 18.6. The van der Waals surface area contributed by atoms with Crippen LogP contribution in [0, 0.1) is 0 Å². The number of hydrogen-bond acceptors (Lipinski definition) is 7. The van der Waals surface area contributed by atoms with Crippen LogP contribution >= 0.6 is 15.9 Å². The average molecular weight is 524 g/mol. The molecule has 3 aromatic rings. The van der Waals surface area contributed by atoms with E-state index in [1.807, 2.05) is 42.5 Å². The van der Waals surface area contributed by atoms with Crippen molar-refractivity contribution in [3.8, 4) is 11.5 Å². The Morgan fingerprint density at radius 3 is 2.38 bits per heavy atom. The largest absolute Gasteiger partial charge is 0.497 e. The van der Waals surface area contributed by atoms with Gasteiger partial charge < -0.3 is 19.0 Å². The second kappa shape index (κ2) is 10.1. The van der Waals surface area contributed by atoms with Crippen molar-refractivity contribution < 1.29 is 28.6 Å². The van der Waals surface area contributed by atoms with E-state index in [4.69, 9.17) is 19.0 Å². The normalized spacial score (nSPS) is 16.9. The van der Waals surface area contributed by atoms with Crippen LogP contribution in [0.4, 0.5) is 0 Å². The first kappa shape index (κ1) is 23.5. The number of oxime groups is 1. The highest BCUT2D eigenvalue weighted by atomic mass is 79.9. The average Bonchev–Trinajstić information content (AvgIpc) is 3.34. The summed E-state index contributed by atoms with van der Waals surface area (Å²) in [4.78, 5) is 31.7. The van der Waals surface area contributed by atoms with Gasteiger partial charge in [-0.15, -0.1) is 0 Å². The van der Waals surface area contributed by atoms with Gasteiger partial charge in [0.05, 0.1) is 26.4 Å². The summed E-state index contributed by atoms with van der Waals surface area (Å²) in [5.74, 6) is -0.218. The van der Waals surface area contributed by atoms with Gasteiger partial charge in [0, 0.05) is 15.6 Å². The molecule has 0 spiro atoms. The van der Waals surface area contributed by atoms with Gasteiger partial charge in [0.25, 0.3) is 0 Å². The van der Waals surface area contributed by atoms with Crippen LogP contribution in [-0.2, 0) is 21.0 Å². The summed E-state index contributed by atoms with van der Waals surface area (Å²) in [7, 11) is 2.74. The topological polar surface area (TPSA) is 83.4 Å². The first-order valence-corrected chi connectivity index (χ1v) is 11.2. The lowest BCUT2D eigenvalue weighted by molar-refractivity contribution is -0.160. The Balaban J connectivity index is 1.58. The number of carbonyl (C=O) groups excluding carboxylic acids is 2. The molecule has 0 saturated carbocycles. The number of rotatable bonds is 8. The van der Waals surface area contributed by atoms with Crippen LogP contribution in [0.25, 0.3) is 0 Å². The predicted molar refractivity (Wildman–Crippen MR) is 129 cm³/mol. The Morgan fingerprint density at radius 1 is 1.00 bits per heavy atom. The van der Waals surface area contributed by atoms with E-state index in [1.165, 1.54) is 14.2 Å². The minimum absolute atomic E-state index is 0.0941. The second-order valence-electron chi connectivity index (χ2n) is 7.59. The molecule has 1 aliphatic rings. The number of esters is 1. The Bertz CT molecular complexity index is 1220. The summed E-state index contributed by atoms with van der Waals surface area (Å²) in [6.45, 7) is 0.339. The summed E-state index contributed by atoms with van der Waals surface area (Å²) < 4.78 is 17.1. The van der Waals surface area contributed by atoms with E-state index in [2.05, 4.69) is 21.1 Å². The molecule has 3 aromatic carbocycles. The van der Waals surface area contributed by atoms with Crippen molar-refractivity contribution in [1.82, 2.24) is 0 Å². The molecular formula is C26H22BrNO6. The Hall–Kier alpha value is -3.65. The van der Waals surface area contributed by atoms with Gasteiger partial charge in [-0.25, -0.2) is 4.79 Å². The van der Waals surface area contributed by atoms with Crippen molar-refractivity contribution in [3.05, 3.63) is 94.0 Å². The third-order valence-corrected chi connectivity index (χ3v) is 6.00. The molecule has 174 valence electrons. The number of methoxy groups -OCH3 is 2. The van der Waals surface area contributed by atoms with Gasteiger partial charge in [-0.1, -0.05) is 45.4 Å². The number of hydrogen-bond donors (Lipinski definition) is 0. The van der Waals surface area contributed by atoms with Gasteiger partial charge in [0.1, 0.15) is 18.1 Å². The standard InChI is InChI=1S/C26H22BrNO6/c1-31-20-13-9-18(10-14-20)24(29)26(25(30)32-2)15-22(28-34-26)21-5-3-4-6-23(21)33-16-17-7-11-19(27)12-8-17/h3-14H,15-16H2,1-2H3. The van der Waals surface area contributed by atoms with E-state index >= 15 is 0 Å². The monoisotopic (exact) mass is 523 g/mol. The molecule has 34 heavy (non-hydrogen) atoms. The van der Waals surface area contributed by atoms with E-state index in [0.717, 1.165) is 10.0 Å². The third kappa shape index (κ3) is 4.68. The fourth-order valence-electron chi connectivity index (χ4n) is 3.61. The molecule has 1 atom stereocenters. The SMILES string of the molecule is COC(=O)C1(C(=O)c2ccc(OC)cc2)CC(c2ccccc2OCc2ccc(Br)cc2)=NO1. The lowest BCUT2D eigenvalue weighted by Gasteiger charge is -2.22. The minimum atomic E-state index is -1.92. The van der Waals surface area contributed by atoms with Crippen LogP contribution in [0.5, 0.6) is 11.5 Å². The van der Waals surface area contributed by atoms with Crippen LogP contribution in [-0.4, -0.2) is 37.3 Å². The van der Waals surface area contributed by atoms with Crippen molar-refractivity contribution in [1.29, 1.82) is 0 Å². The van der Waals surface area contributed by atoms with Gasteiger partial charge >= 0.3 is 11.6 Å². The van der Waals surface area contributed by atoms with Gasteiger partial charge in [0.2, 0.25) is 5.78 Å². The number of ether oxygens (including phenoxy) is 3. The highest BCUT2D eigenvalue weighted by Crippen LogP contribution is 2.35. The smallest absolute Gasteiger partial charge is 0.361 e. The van der Waals surface area contributed by atoms with Crippen LogP contribution in [0.3, 0.4) is 0 Å². The molecule has 0 aliphatic carbocycles. The quantitative estimate of drug-likeness (QED) is 0.236. The molecule has 4 rings (SSSR count). The first-order chi connectivity index (χ1) is 16.5. The predicted octanol–water partition coefficient (Wildman–Crippen LogP) is 4.96. The fraction of sp³-hybridized carbons (Fsp3) is 0.192. The maximum absolute atomic E-state index is 13.4. The third-order valence-electron chi connectivity index (χ3n) is 5.47. The minimum Gasteiger partial charge on any atom is -0.497 e.